The van der Waals surface area contributed by atoms with E-state index in [0.29, 0.717) is 19.3 Å². The number of ether oxygens (including phenoxy) is 1. The Bertz CT molecular complexity index is 838. The summed E-state index contributed by atoms with van der Waals surface area (Å²) in [5.41, 5.74) is 1.36. The highest BCUT2D eigenvalue weighted by molar-refractivity contribution is 5.79. The molecule has 0 fully saturated rings. The number of carbonyl (C=O) groups is 2. The molecule has 0 aliphatic heterocycles. The van der Waals surface area contributed by atoms with Crippen LogP contribution in [0.3, 0.4) is 0 Å². The van der Waals surface area contributed by atoms with Crippen molar-refractivity contribution in [3.63, 3.8) is 0 Å². The van der Waals surface area contributed by atoms with Gasteiger partial charge in [0.1, 0.15) is 23.5 Å². The molecule has 0 radical (unpaired) electrons. The number of nitrogens with one attached hydrogen (secondary N) is 1. The Hall–Kier alpha value is -2.41. The van der Waals surface area contributed by atoms with E-state index < -0.39 is 29.6 Å². The summed E-state index contributed by atoms with van der Waals surface area (Å²) in [6.07, 6.45) is 2.25. The van der Waals surface area contributed by atoms with Crippen molar-refractivity contribution >= 4 is 23.0 Å². The molecule has 2 atom stereocenters. The number of fused-ring (bicyclic) bond motifs is 1. The normalized spacial score (nSPS) is 14.0. The quantitative estimate of drug-likeness (QED) is 0.590. The molecule has 1 aromatic carbocycles. The summed E-state index contributed by atoms with van der Waals surface area (Å²) in [5.74, 6) is -0.541. The fourth-order valence-corrected chi connectivity index (χ4v) is 3.31. The fourth-order valence-electron chi connectivity index (χ4n) is 3.31. The number of hydrogen-bond acceptors (Lipinski definition) is 5. The van der Waals surface area contributed by atoms with Crippen molar-refractivity contribution in [1.82, 2.24) is 14.9 Å². The zero-order valence-corrected chi connectivity index (χ0v) is 18.1. The molecule has 0 amide bonds. The van der Waals surface area contributed by atoms with Gasteiger partial charge in [-0.25, -0.2) is 4.98 Å². The number of aromatic nitrogens is 2. The van der Waals surface area contributed by atoms with Crippen molar-refractivity contribution < 1.29 is 19.4 Å². The van der Waals surface area contributed by atoms with E-state index in [2.05, 4.69) is 16.8 Å². The van der Waals surface area contributed by atoms with Crippen LogP contribution in [0.4, 0.5) is 0 Å². The zero-order chi connectivity index (χ0) is 21.6. The molecule has 2 rings (SSSR count). The van der Waals surface area contributed by atoms with E-state index in [1.807, 2.05) is 31.2 Å². The smallest absolute Gasteiger partial charge is 0.323 e. The molecule has 0 aliphatic carbocycles. The highest BCUT2D eigenvalue weighted by atomic mass is 16.6. The van der Waals surface area contributed by atoms with Crippen molar-refractivity contribution in [3.8, 4) is 0 Å². The van der Waals surface area contributed by atoms with Gasteiger partial charge in [-0.1, -0.05) is 26.0 Å². The fraction of sp³-hybridized carbons (Fsp3) is 0.591. The van der Waals surface area contributed by atoms with Gasteiger partial charge in [0.15, 0.2) is 0 Å². The predicted molar refractivity (Wildman–Crippen MR) is 113 cm³/mol. The first-order chi connectivity index (χ1) is 13.7. The van der Waals surface area contributed by atoms with Crippen molar-refractivity contribution in [2.24, 2.45) is 0 Å². The number of para-hydroxylation sites is 2. The molecular formula is C22H33N3O4. The minimum atomic E-state index is -0.981. The van der Waals surface area contributed by atoms with Crippen LogP contribution in [-0.2, 0) is 27.3 Å². The van der Waals surface area contributed by atoms with Gasteiger partial charge in [-0.15, -0.1) is 0 Å². The molecule has 29 heavy (non-hydrogen) atoms. The van der Waals surface area contributed by atoms with E-state index in [4.69, 9.17) is 9.72 Å². The molecule has 1 aromatic heterocycles. The largest absolute Gasteiger partial charge is 0.480 e. The first-order valence-corrected chi connectivity index (χ1v) is 10.3. The average molecular weight is 404 g/mol. The zero-order valence-electron chi connectivity index (χ0n) is 18.1. The van der Waals surface area contributed by atoms with E-state index >= 15 is 0 Å². The number of imidazole rings is 1. The molecule has 1 heterocycles. The van der Waals surface area contributed by atoms with E-state index in [0.717, 1.165) is 29.8 Å². The van der Waals surface area contributed by atoms with Gasteiger partial charge in [0.25, 0.3) is 0 Å². The molecule has 0 saturated heterocycles. The van der Waals surface area contributed by atoms with Gasteiger partial charge in [0.05, 0.1) is 11.0 Å². The number of carboxylic acid groups (broad SMARTS) is 1. The molecule has 1 unspecified atom stereocenters. The molecule has 2 N–H and O–H groups in total. The Balaban J connectivity index is 2.13. The maximum atomic E-state index is 12.4. The second-order valence-electron chi connectivity index (χ2n) is 8.26. The van der Waals surface area contributed by atoms with Gasteiger partial charge >= 0.3 is 11.9 Å². The lowest BCUT2D eigenvalue weighted by molar-refractivity contribution is -0.158. The van der Waals surface area contributed by atoms with Gasteiger partial charge in [0, 0.05) is 13.0 Å². The number of aryl methyl sites for hydroxylation is 2. The number of carbonyl (C=O) groups excluding carboxylic acids is 1. The van der Waals surface area contributed by atoms with Crippen LogP contribution in [0.1, 0.15) is 59.7 Å². The number of benzene rings is 1. The minimum absolute atomic E-state index is 0.335. The Morgan fingerprint density at radius 2 is 1.90 bits per heavy atom. The maximum absolute atomic E-state index is 12.4. The third-order valence-corrected chi connectivity index (χ3v) is 4.64. The van der Waals surface area contributed by atoms with Crippen molar-refractivity contribution in [2.45, 2.75) is 84.5 Å². The lowest BCUT2D eigenvalue weighted by Gasteiger charge is -2.26. The summed E-state index contributed by atoms with van der Waals surface area (Å²) in [5, 5.41) is 12.7. The first kappa shape index (κ1) is 22.9. The van der Waals surface area contributed by atoms with E-state index in [-0.39, 0.29) is 0 Å². The van der Waals surface area contributed by atoms with Crippen LogP contribution >= 0.6 is 0 Å². The van der Waals surface area contributed by atoms with E-state index in [9.17, 15) is 14.7 Å². The lowest BCUT2D eigenvalue weighted by Crippen LogP contribution is -2.49. The summed E-state index contributed by atoms with van der Waals surface area (Å²) < 4.78 is 7.57. The lowest BCUT2D eigenvalue weighted by atomic mass is 10.1. The van der Waals surface area contributed by atoms with Crippen LogP contribution in [0.5, 0.6) is 0 Å². The molecule has 0 bridgehead atoms. The molecule has 0 spiro atoms. The van der Waals surface area contributed by atoms with E-state index in [1.165, 1.54) is 0 Å². The SMILES string of the molecule is CCCn1c(CC[C@H](NC(CC)C(=O)OC(C)(C)C)C(=O)O)nc2ccccc21. The summed E-state index contributed by atoms with van der Waals surface area (Å²) in [6, 6.07) is 6.40. The second kappa shape index (κ2) is 9.87. The Morgan fingerprint density at radius 3 is 2.48 bits per heavy atom. The number of hydrogen-bond donors (Lipinski definition) is 2. The molecule has 0 saturated carbocycles. The van der Waals surface area contributed by atoms with Crippen molar-refractivity contribution in [1.29, 1.82) is 0 Å². The van der Waals surface area contributed by atoms with Crippen molar-refractivity contribution in [2.75, 3.05) is 0 Å². The van der Waals surface area contributed by atoms with Gasteiger partial charge in [-0.05, 0) is 52.2 Å². The number of carboxylic acids is 1. The molecule has 160 valence electrons. The summed E-state index contributed by atoms with van der Waals surface area (Å²) in [7, 11) is 0. The van der Waals surface area contributed by atoms with Gasteiger partial charge in [0.2, 0.25) is 0 Å². The van der Waals surface area contributed by atoms with Gasteiger partial charge in [-0.3, -0.25) is 14.9 Å². The van der Waals surface area contributed by atoms with Crippen LogP contribution < -0.4 is 5.32 Å². The highest BCUT2D eigenvalue weighted by Gasteiger charge is 2.29. The van der Waals surface area contributed by atoms with Crippen molar-refractivity contribution in [3.05, 3.63) is 30.1 Å². The summed E-state index contributed by atoms with van der Waals surface area (Å²) >= 11 is 0. The topological polar surface area (TPSA) is 93.5 Å². The van der Waals surface area contributed by atoms with E-state index in [1.54, 1.807) is 20.8 Å². The molecule has 2 aromatic rings. The minimum Gasteiger partial charge on any atom is -0.480 e. The monoisotopic (exact) mass is 403 g/mol. The first-order valence-electron chi connectivity index (χ1n) is 10.3. The number of nitrogens with zero attached hydrogens (tertiary/aromatic N) is 2. The Kier molecular flexibility index (Phi) is 7.79. The number of aliphatic carboxylic acids is 1. The van der Waals surface area contributed by atoms with Gasteiger partial charge in [-0.2, -0.15) is 0 Å². The Morgan fingerprint density at radius 1 is 1.21 bits per heavy atom. The second-order valence-corrected chi connectivity index (χ2v) is 8.26. The average Bonchev–Trinajstić information content (AvgIpc) is 2.98. The number of esters is 1. The molecular weight excluding hydrogens is 370 g/mol. The molecule has 0 aliphatic rings. The maximum Gasteiger partial charge on any atom is 0.323 e. The number of rotatable bonds is 10. The van der Waals surface area contributed by atoms with Crippen LogP contribution in [0.15, 0.2) is 24.3 Å². The molecule has 7 heteroatoms. The van der Waals surface area contributed by atoms with Crippen LogP contribution in [-0.4, -0.2) is 44.3 Å². The Labute approximate surface area is 172 Å². The van der Waals surface area contributed by atoms with Crippen LogP contribution in [0.25, 0.3) is 11.0 Å². The molecule has 7 nitrogen and oxygen atoms in total. The highest BCUT2D eigenvalue weighted by Crippen LogP contribution is 2.18. The van der Waals surface area contributed by atoms with Gasteiger partial charge < -0.3 is 14.4 Å². The van der Waals surface area contributed by atoms with Crippen LogP contribution in [0.2, 0.25) is 0 Å². The standard InChI is InChI=1S/C22H33N3O4/c1-6-14-25-18-11-9-8-10-16(18)24-19(25)13-12-17(20(26)27)23-15(7-2)21(28)29-22(3,4)5/h8-11,15,17,23H,6-7,12-14H2,1-5H3,(H,26,27)/t15?,17-/m0/s1. The van der Waals surface area contributed by atoms with Crippen LogP contribution in [0, 0.1) is 0 Å². The summed E-state index contributed by atoms with van der Waals surface area (Å²) in [4.78, 5) is 28.9. The third-order valence-electron chi connectivity index (χ3n) is 4.64. The predicted octanol–water partition coefficient (Wildman–Crippen LogP) is 3.54. The third kappa shape index (κ3) is 6.29. The summed E-state index contributed by atoms with van der Waals surface area (Å²) in [6.45, 7) is 10.2.